The molecular formula is C24H24N6O2. The van der Waals surface area contributed by atoms with Gasteiger partial charge in [0, 0.05) is 42.8 Å². The zero-order valence-corrected chi connectivity index (χ0v) is 18.4. The Labute approximate surface area is 186 Å². The average Bonchev–Trinajstić information content (AvgIpc) is 3.13. The van der Waals surface area contributed by atoms with E-state index in [0.717, 1.165) is 17.1 Å². The first-order chi connectivity index (χ1) is 15.4. The van der Waals surface area contributed by atoms with Crippen molar-refractivity contribution in [3.63, 3.8) is 0 Å². The Morgan fingerprint density at radius 1 is 1.00 bits per heavy atom. The molecule has 0 unspecified atom stereocenters. The molecule has 0 saturated heterocycles. The normalized spacial score (nSPS) is 10.6. The minimum absolute atomic E-state index is 0.173. The standard InChI is InChI=1S/C24H24N6O2/c1-16-12-17(2)30(28-16)22-14-23(26-15-25-22)32-21-10-8-19(9-11-21)27-24(31)18-6-5-7-20(13-18)29(3)4/h5-15H,1-4H3,(H,27,31). The Balaban J connectivity index is 1.44. The first-order valence-electron chi connectivity index (χ1n) is 10.1. The fourth-order valence-corrected chi connectivity index (χ4v) is 3.22. The lowest BCUT2D eigenvalue weighted by Gasteiger charge is -2.13. The van der Waals surface area contributed by atoms with Crippen LogP contribution >= 0.6 is 0 Å². The van der Waals surface area contributed by atoms with Gasteiger partial charge >= 0.3 is 0 Å². The van der Waals surface area contributed by atoms with E-state index in [2.05, 4.69) is 20.4 Å². The van der Waals surface area contributed by atoms with E-state index in [1.54, 1.807) is 41.1 Å². The van der Waals surface area contributed by atoms with Crippen LogP contribution in [0.5, 0.6) is 11.6 Å². The average molecular weight is 428 g/mol. The molecule has 4 aromatic rings. The van der Waals surface area contributed by atoms with Crippen LogP contribution in [-0.4, -0.2) is 39.8 Å². The van der Waals surface area contributed by atoms with E-state index in [4.69, 9.17) is 4.74 Å². The lowest BCUT2D eigenvalue weighted by molar-refractivity contribution is 0.102. The van der Waals surface area contributed by atoms with Crippen LogP contribution in [0, 0.1) is 13.8 Å². The second kappa shape index (κ2) is 8.89. The molecule has 0 aliphatic rings. The van der Waals surface area contributed by atoms with E-state index in [-0.39, 0.29) is 5.91 Å². The van der Waals surface area contributed by atoms with Gasteiger partial charge in [0.25, 0.3) is 5.91 Å². The third-order valence-electron chi connectivity index (χ3n) is 4.81. The molecule has 8 heteroatoms. The first kappa shape index (κ1) is 21.0. The Hall–Kier alpha value is -4.20. The second-order valence-corrected chi connectivity index (χ2v) is 7.58. The van der Waals surface area contributed by atoms with Gasteiger partial charge < -0.3 is 15.0 Å². The number of nitrogens with one attached hydrogen (secondary N) is 1. The fraction of sp³-hybridized carbons (Fsp3) is 0.167. The zero-order chi connectivity index (χ0) is 22.7. The quantitative estimate of drug-likeness (QED) is 0.490. The van der Waals surface area contributed by atoms with Crippen molar-refractivity contribution in [1.82, 2.24) is 19.7 Å². The number of carbonyl (C=O) groups excluding carboxylic acids is 1. The van der Waals surface area contributed by atoms with E-state index < -0.39 is 0 Å². The number of benzene rings is 2. The molecule has 0 fully saturated rings. The van der Waals surface area contributed by atoms with Crippen LogP contribution in [0.2, 0.25) is 0 Å². The van der Waals surface area contributed by atoms with Crippen molar-refractivity contribution in [2.45, 2.75) is 13.8 Å². The lowest BCUT2D eigenvalue weighted by Crippen LogP contribution is -2.14. The highest BCUT2D eigenvalue weighted by Gasteiger charge is 2.10. The maximum Gasteiger partial charge on any atom is 0.255 e. The van der Waals surface area contributed by atoms with Crippen molar-refractivity contribution in [1.29, 1.82) is 0 Å². The number of nitrogens with zero attached hydrogens (tertiary/aromatic N) is 5. The van der Waals surface area contributed by atoms with Crippen LogP contribution in [0.25, 0.3) is 5.82 Å². The summed E-state index contributed by atoms with van der Waals surface area (Å²) in [5, 5.41) is 7.34. The Bertz CT molecular complexity index is 1250. The summed E-state index contributed by atoms with van der Waals surface area (Å²) in [7, 11) is 3.88. The highest BCUT2D eigenvalue weighted by molar-refractivity contribution is 6.04. The van der Waals surface area contributed by atoms with Gasteiger partial charge in [-0.15, -0.1) is 0 Å². The molecule has 0 spiro atoms. The molecule has 32 heavy (non-hydrogen) atoms. The highest BCUT2D eigenvalue weighted by Crippen LogP contribution is 2.23. The van der Waals surface area contributed by atoms with Gasteiger partial charge in [0.05, 0.1) is 5.69 Å². The van der Waals surface area contributed by atoms with Crippen LogP contribution in [-0.2, 0) is 0 Å². The van der Waals surface area contributed by atoms with Crippen molar-refractivity contribution >= 4 is 17.3 Å². The number of amides is 1. The molecule has 0 radical (unpaired) electrons. The smallest absolute Gasteiger partial charge is 0.255 e. The van der Waals surface area contributed by atoms with Crippen molar-refractivity contribution in [2.75, 3.05) is 24.3 Å². The van der Waals surface area contributed by atoms with E-state index in [0.29, 0.717) is 28.7 Å². The summed E-state index contributed by atoms with van der Waals surface area (Å²) < 4.78 is 7.61. The molecule has 0 bridgehead atoms. The number of aromatic nitrogens is 4. The van der Waals surface area contributed by atoms with E-state index in [1.165, 1.54) is 6.33 Å². The molecular weight excluding hydrogens is 404 g/mol. The van der Waals surface area contributed by atoms with Crippen LogP contribution < -0.4 is 15.0 Å². The number of aryl methyl sites for hydroxylation is 2. The Morgan fingerprint density at radius 3 is 2.47 bits per heavy atom. The minimum atomic E-state index is -0.173. The summed E-state index contributed by atoms with van der Waals surface area (Å²) in [6.07, 6.45) is 1.44. The lowest BCUT2D eigenvalue weighted by atomic mass is 10.1. The summed E-state index contributed by atoms with van der Waals surface area (Å²) in [5.41, 5.74) is 4.11. The van der Waals surface area contributed by atoms with Gasteiger partial charge in [0.1, 0.15) is 12.1 Å². The maximum atomic E-state index is 12.6. The molecule has 1 N–H and O–H groups in total. The number of hydrogen-bond acceptors (Lipinski definition) is 6. The van der Waals surface area contributed by atoms with Gasteiger partial charge in [0.2, 0.25) is 5.88 Å². The molecule has 162 valence electrons. The zero-order valence-electron chi connectivity index (χ0n) is 18.4. The summed E-state index contributed by atoms with van der Waals surface area (Å²) in [6, 6.07) is 18.3. The second-order valence-electron chi connectivity index (χ2n) is 7.58. The highest BCUT2D eigenvalue weighted by atomic mass is 16.5. The molecule has 2 aromatic heterocycles. The molecule has 2 heterocycles. The molecule has 0 aliphatic heterocycles. The Kier molecular flexibility index (Phi) is 5.85. The van der Waals surface area contributed by atoms with Crippen LogP contribution in [0.1, 0.15) is 21.7 Å². The van der Waals surface area contributed by atoms with Crippen LogP contribution in [0.15, 0.2) is 67.0 Å². The van der Waals surface area contributed by atoms with E-state index in [9.17, 15) is 4.79 Å². The molecule has 1 amide bonds. The number of hydrogen-bond donors (Lipinski definition) is 1. The van der Waals surface area contributed by atoms with Crippen molar-refractivity contribution in [3.05, 3.63) is 83.9 Å². The molecule has 0 aliphatic carbocycles. The predicted octanol–water partition coefficient (Wildman–Crippen LogP) is 4.39. The summed E-state index contributed by atoms with van der Waals surface area (Å²) in [6.45, 7) is 3.90. The SMILES string of the molecule is Cc1cc(C)n(-c2cc(Oc3ccc(NC(=O)c4cccc(N(C)C)c4)cc3)ncn2)n1. The number of rotatable bonds is 6. The predicted molar refractivity (Wildman–Crippen MR) is 124 cm³/mol. The molecule has 2 aromatic carbocycles. The van der Waals surface area contributed by atoms with Gasteiger partial charge in [-0.2, -0.15) is 5.10 Å². The van der Waals surface area contributed by atoms with Gasteiger partial charge in [-0.25, -0.2) is 14.6 Å². The molecule has 4 rings (SSSR count). The summed E-state index contributed by atoms with van der Waals surface area (Å²) in [4.78, 5) is 23.0. The number of anilines is 2. The minimum Gasteiger partial charge on any atom is -0.439 e. The number of carbonyl (C=O) groups is 1. The number of ether oxygens (including phenoxy) is 1. The third-order valence-corrected chi connectivity index (χ3v) is 4.81. The largest absolute Gasteiger partial charge is 0.439 e. The Morgan fingerprint density at radius 2 is 1.78 bits per heavy atom. The van der Waals surface area contributed by atoms with Crippen LogP contribution in [0.4, 0.5) is 11.4 Å². The van der Waals surface area contributed by atoms with E-state index >= 15 is 0 Å². The van der Waals surface area contributed by atoms with Crippen molar-refractivity contribution in [3.8, 4) is 17.4 Å². The van der Waals surface area contributed by atoms with Gasteiger partial charge in [-0.3, -0.25) is 4.79 Å². The van der Waals surface area contributed by atoms with Gasteiger partial charge in [-0.05, 0) is 62.4 Å². The van der Waals surface area contributed by atoms with Crippen LogP contribution in [0.3, 0.4) is 0 Å². The maximum absolute atomic E-state index is 12.6. The molecule has 0 atom stereocenters. The third kappa shape index (κ3) is 4.75. The molecule has 8 nitrogen and oxygen atoms in total. The van der Waals surface area contributed by atoms with Gasteiger partial charge in [-0.1, -0.05) is 6.07 Å². The topological polar surface area (TPSA) is 85.2 Å². The van der Waals surface area contributed by atoms with E-state index in [1.807, 2.05) is 57.1 Å². The van der Waals surface area contributed by atoms with Crippen molar-refractivity contribution in [2.24, 2.45) is 0 Å². The van der Waals surface area contributed by atoms with Crippen molar-refractivity contribution < 1.29 is 9.53 Å². The first-order valence-corrected chi connectivity index (χ1v) is 10.1. The molecule has 0 saturated carbocycles. The fourth-order valence-electron chi connectivity index (χ4n) is 3.22. The monoisotopic (exact) mass is 428 g/mol. The van der Waals surface area contributed by atoms with Gasteiger partial charge in [0.15, 0.2) is 5.82 Å². The summed E-state index contributed by atoms with van der Waals surface area (Å²) >= 11 is 0. The summed E-state index contributed by atoms with van der Waals surface area (Å²) in [5.74, 6) is 1.45.